The van der Waals surface area contributed by atoms with Crippen LogP contribution in [0.3, 0.4) is 0 Å². The number of rotatable bonds is 8. The SMILES string of the molecule is O=C(CCC(=O)c1ccccc1)Nc1ccc(Nc2cc(-c3ccccc3)ncn2)cc1. The first-order valence-electron chi connectivity index (χ1n) is 10.3. The van der Waals surface area contributed by atoms with E-state index in [1.165, 1.54) is 6.33 Å². The van der Waals surface area contributed by atoms with Crippen molar-refractivity contribution >= 4 is 28.9 Å². The molecule has 2 N–H and O–H groups in total. The van der Waals surface area contributed by atoms with Crippen LogP contribution in [0.4, 0.5) is 17.2 Å². The van der Waals surface area contributed by atoms with Gasteiger partial charge in [-0.3, -0.25) is 9.59 Å². The van der Waals surface area contributed by atoms with Crippen molar-refractivity contribution in [2.45, 2.75) is 12.8 Å². The summed E-state index contributed by atoms with van der Waals surface area (Å²) < 4.78 is 0. The molecule has 0 aliphatic carbocycles. The maximum atomic E-state index is 12.2. The van der Waals surface area contributed by atoms with E-state index in [0.29, 0.717) is 17.1 Å². The summed E-state index contributed by atoms with van der Waals surface area (Å²) >= 11 is 0. The van der Waals surface area contributed by atoms with Gasteiger partial charge < -0.3 is 10.6 Å². The predicted molar refractivity (Wildman–Crippen MR) is 126 cm³/mol. The van der Waals surface area contributed by atoms with E-state index >= 15 is 0 Å². The summed E-state index contributed by atoms with van der Waals surface area (Å²) in [5, 5.41) is 6.07. The van der Waals surface area contributed by atoms with Crippen LogP contribution < -0.4 is 10.6 Å². The van der Waals surface area contributed by atoms with Crippen molar-refractivity contribution in [3.8, 4) is 11.3 Å². The summed E-state index contributed by atoms with van der Waals surface area (Å²) in [5.74, 6) is 0.438. The second-order valence-electron chi connectivity index (χ2n) is 7.19. The van der Waals surface area contributed by atoms with E-state index in [2.05, 4.69) is 20.6 Å². The van der Waals surface area contributed by atoms with E-state index in [1.807, 2.05) is 66.7 Å². The number of anilines is 3. The first-order valence-corrected chi connectivity index (χ1v) is 10.3. The van der Waals surface area contributed by atoms with Crippen molar-refractivity contribution in [2.75, 3.05) is 10.6 Å². The molecule has 0 radical (unpaired) electrons. The van der Waals surface area contributed by atoms with Crippen LogP contribution in [0, 0.1) is 0 Å². The Labute approximate surface area is 186 Å². The molecule has 6 heteroatoms. The van der Waals surface area contributed by atoms with Crippen LogP contribution >= 0.6 is 0 Å². The van der Waals surface area contributed by atoms with Gasteiger partial charge in [-0.15, -0.1) is 0 Å². The highest BCUT2D eigenvalue weighted by molar-refractivity contribution is 6.00. The topological polar surface area (TPSA) is 84.0 Å². The van der Waals surface area contributed by atoms with Crippen LogP contribution in [-0.2, 0) is 4.79 Å². The zero-order valence-electron chi connectivity index (χ0n) is 17.4. The predicted octanol–water partition coefficient (Wildman–Crippen LogP) is 5.49. The molecule has 32 heavy (non-hydrogen) atoms. The molecular formula is C26H22N4O2. The number of nitrogens with one attached hydrogen (secondary N) is 2. The fourth-order valence-electron chi connectivity index (χ4n) is 3.20. The van der Waals surface area contributed by atoms with Gasteiger partial charge in [-0.05, 0) is 24.3 Å². The van der Waals surface area contributed by atoms with Gasteiger partial charge in [-0.2, -0.15) is 0 Å². The lowest BCUT2D eigenvalue weighted by Gasteiger charge is -2.09. The van der Waals surface area contributed by atoms with Crippen molar-refractivity contribution in [3.63, 3.8) is 0 Å². The molecule has 4 aromatic rings. The molecule has 1 heterocycles. The van der Waals surface area contributed by atoms with Crippen molar-refractivity contribution in [3.05, 3.63) is 103 Å². The average Bonchev–Trinajstić information content (AvgIpc) is 2.85. The molecule has 0 bridgehead atoms. The van der Waals surface area contributed by atoms with E-state index in [1.54, 1.807) is 24.3 Å². The van der Waals surface area contributed by atoms with Gasteiger partial charge in [0.2, 0.25) is 5.91 Å². The molecule has 0 saturated heterocycles. The Hall–Kier alpha value is -4.32. The molecule has 1 aromatic heterocycles. The summed E-state index contributed by atoms with van der Waals surface area (Å²) in [6.45, 7) is 0. The lowest BCUT2D eigenvalue weighted by molar-refractivity contribution is -0.116. The number of benzene rings is 3. The Bertz CT molecular complexity index is 1190. The Morgan fingerprint density at radius 2 is 1.38 bits per heavy atom. The minimum atomic E-state index is -0.196. The van der Waals surface area contributed by atoms with E-state index in [0.717, 1.165) is 16.9 Å². The highest BCUT2D eigenvalue weighted by Gasteiger charge is 2.09. The molecule has 4 rings (SSSR count). The number of aromatic nitrogens is 2. The summed E-state index contributed by atoms with van der Waals surface area (Å²) in [6.07, 6.45) is 1.83. The Balaban J connectivity index is 1.31. The highest BCUT2D eigenvalue weighted by Crippen LogP contribution is 2.22. The number of Topliss-reactive ketones (excluding diaryl/α,β-unsaturated/α-hetero) is 1. The van der Waals surface area contributed by atoms with Crippen LogP contribution in [-0.4, -0.2) is 21.7 Å². The number of hydrogen-bond donors (Lipinski definition) is 2. The summed E-state index contributed by atoms with van der Waals surface area (Å²) in [6, 6.07) is 28.1. The van der Waals surface area contributed by atoms with Crippen LogP contribution in [0.15, 0.2) is 97.3 Å². The van der Waals surface area contributed by atoms with Crippen LogP contribution in [0.25, 0.3) is 11.3 Å². The summed E-state index contributed by atoms with van der Waals surface area (Å²) in [4.78, 5) is 32.9. The number of carbonyl (C=O) groups excluding carboxylic acids is 2. The van der Waals surface area contributed by atoms with Crippen molar-refractivity contribution < 1.29 is 9.59 Å². The zero-order valence-corrected chi connectivity index (χ0v) is 17.4. The first-order chi connectivity index (χ1) is 15.7. The molecule has 0 atom stereocenters. The Kier molecular flexibility index (Phi) is 6.63. The third-order valence-corrected chi connectivity index (χ3v) is 4.85. The number of nitrogens with zero attached hydrogens (tertiary/aromatic N) is 2. The fraction of sp³-hybridized carbons (Fsp3) is 0.0769. The molecule has 6 nitrogen and oxygen atoms in total. The van der Waals surface area contributed by atoms with Gasteiger partial charge in [0.1, 0.15) is 12.1 Å². The third-order valence-electron chi connectivity index (χ3n) is 4.85. The molecule has 0 aliphatic rings. The van der Waals surface area contributed by atoms with E-state index in [-0.39, 0.29) is 24.5 Å². The largest absolute Gasteiger partial charge is 0.340 e. The number of carbonyl (C=O) groups is 2. The van der Waals surface area contributed by atoms with E-state index in [9.17, 15) is 9.59 Å². The van der Waals surface area contributed by atoms with Gasteiger partial charge in [-0.25, -0.2) is 9.97 Å². The Morgan fingerprint density at radius 1 is 0.719 bits per heavy atom. The molecular weight excluding hydrogens is 400 g/mol. The molecule has 1 amide bonds. The van der Waals surface area contributed by atoms with Crippen LogP contribution in [0.5, 0.6) is 0 Å². The minimum absolute atomic E-state index is 0.0416. The highest BCUT2D eigenvalue weighted by atomic mass is 16.2. The summed E-state index contributed by atoms with van der Waals surface area (Å²) in [7, 11) is 0. The average molecular weight is 422 g/mol. The Morgan fingerprint density at radius 3 is 2.09 bits per heavy atom. The normalized spacial score (nSPS) is 10.4. The van der Waals surface area contributed by atoms with E-state index < -0.39 is 0 Å². The standard InChI is InChI=1S/C26H22N4O2/c31-24(20-9-5-2-6-10-20)15-16-26(32)30-22-13-11-21(12-14-22)29-25-17-23(27-18-28-25)19-7-3-1-4-8-19/h1-14,17-18H,15-16H2,(H,30,32)(H,27,28,29). The first kappa shape index (κ1) is 20.9. The number of ketones is 1. The smallest absolute Gasteiger partial charge is 0.224 e. The van der Waals surface area contributed by atoms with E-state index in [4.69, 9.17) is 0 Å². The lowest BCUT2D eigenvalue weighted by atomic mass is 10.1. The second-order valence-corrected chi connectivity index (χ2v) is 7.19. The van der Waals surface area contributed by atoms with Gasteiger partial charge in [0, 0.05) is 41.4 Å². The molecule has 0 saturated carbocycles. The van der Waals surface area contributed by atoms with Gasteiger partial charge in [-0.1, -0.05) is 60.7 Å². The summed E-state index contributed by atoms with van der Waals surface area (Å²) in [5.41, 5.74) is 3.97. The quantitative estimate of drug-likeness (QED) is 0.367. The second kappa shape index (κ2) is 10.1. The maximum absolute atomic E-state index is 12.2. The molecule has 3 aromatic carbocycles. The number of amides is 1. The van der Waals surface area contributed by atoms with Gasteiger partial charge in [0.25, 0.3) is 0 Å². The maximum Gasteiger partial charge on any atom is 0.224 e. The molecule has 0 aliphatic heterocycles. The van der Waals surface area contributed by atoms with Gasteiger partial charge in [0.15, 0.2) is 5.78 Å². The zero-order chi connectivity index (χ0) is 22.2. The molecule has 0 spiro atoms. The fourth-order valence-corrected chi connectivity index (χ4v) is 3.20. The third kappa shape index (κ3) is 5.64. The van der Waals surface area contributed by atoms with Gasteiger partial charge in [0.05, 0.1) is 5.69 Å². The number of hydrogen-bond acceptors (Lipinski definition) is 5. The van der Waals surface area contributed by atoms with Crippen molar-refractivity contribution in [1.29, 1.82) is 0 Å². The minimum Gasteiger partial charge on any atom is -0.340 e. The van der Waals surface area contributed by atoms with Crippen LogP contribution in [0.1, 0.15) is 23.2 Å². The van der Waals surface area contributed by atoms with Crippen molar-refractivity contribution in [1.82, 2.24) is 9.97 Å². The van der Waals surface area contributed by atoms with Gasteiger partial charge >= 0.3 is 0 Å². The molecule has 158 valence electrons. The lowest BCUT2D eigenvalue weighted by Crippen LogP contribution is -2.13. The van der Waals surface area contributed by atoms with Crippen LogP contribution in [0.2, 0.25) is 0 Å². The van der Waals surface area contributed by atoms with Crippen molar-refractivity contribution in [2.24, 2.45) is 0 Å². The molecule has 0 unspecified atom stereocenters. The molecule has 0 fully saturated rings. The monoisotopic (exact) mass is 422 g/mol.